The van der Waals surface area contributed by atoms with E-state index in [-0.39, 0.29) is 5.91 Å². The monoisotopic (exact) mass is 216 g/mol. The van der Waals surface area contributed by atoms with Crippen molar-refractivity contribution in [3.05, 3.63) is 35.9 Å². The van der Waals surface area contributed by atoms with Crippen LogP contribution in [0.3, 0.4) is 0 Å². The summed E-state index contributed by atoms with van der Waals surface area (Å²) in [6, 6.07) is 5.75. The van der Waals surface area contributed by atoms with Gasteiger partial charge in [-0.15, -0.1) is 0 Å². The highest BCUT2D eigenvalue weighted by atomic mass is 16.2. The van der Waals surface area contributed by atoms with E-state index >= 15 is 0 Å². The van der Waals surface area contributed by atoms with Gasteiger partial charge in [-0.25, -0.2) is 0 Å². The minimum Gasteiger partial charge on any atom is -0.399 e. The SMILES string of the molecule is C/C=C/CN1C(=O)CCc2cc(N)ccc21. The van der Waals surface area contributed by atoms with Crippen molar-refractivity contribution in [2.45, 2.75) is 19.8 Å². The number of carbonyl (C=O) groups is 1. The number of fused-ring (bicyclic) bond motifs is 1. The molecule has 0 spiro atoms. The Morgan fingerprint density at radius 2 is 2.25 bits per heavy atom. The van der Waals surface area contributed by atoms with Gasteiger partial charge >= 0.3 is 0 Å². The second kappa shape index (κ2) is 4.39. The zero-order chi connectivity index (χ0) is 11.5. The fraction of sp³-hybridized carbons (Fsp3) is 0.308. The average Bonchev–Trinajstić information content (AvgIpc) is 2.28. The number of nitrogen functional groups attached to an aromatic ring is 1. The standard InChI is InChI=1S/C13H16N2O/c1-2-3-8-15-12-6-5-11(14)9-10(12)4-7-13(15)16/h2-3,5-6,9H,4,7-8,14H2,1H3/b3-2+. The highest BCUT2D eigenvalue weighted by Crippen LogP contribution is 2.29. The summed E-state index contributed by atoms with van der Waals surface area (Å²) >= 11 is 0. The summed E-state index contributed by atoms with van der Waals surface area (Å²) in [6.07, 6.45) is 5.32. The molecule has 1 aliphatic rings. The lowest BCUT2D eigenvalue weighted by molar-refractivity contribution is -0.118. The smallest absolute Gasteiger partial charge is 0.227 e. The van der Waals surface area contributed by atoms with E-state index in [2.05, 4.69) is 0 Å². The van der Waals surface area contributed by atoms with Crippen LogP contribution in [-0.2, 0) is 11.2 Å². The van der Waals surface area contributed by atoms with Crippen LogP contribution in [0.15, 0.2) is 30.4 Å². The first-order chi connectivity index (χ1) is 7.72. The molecule has 16 heavy (non-hydrogen) atoms. The lowest BCUT2D eigenvalue weighted by Gasteiger charge is -2.28. The van der Waals surface area contributed by atoms with Crippen molar-refractivity contribution in [1.82, 2.24) is 0 Å². The Hall–Kier alpha value is -1.77. The molecular formula is C13H16N2O. The molecule has 3 nitrogen and oxygen atoms in total. The Labute approximate surface area is 95.6 Å². The Balaban J connectivity index is 2.36. The number of rotatable bonds is 2. The molecule has 0 fully saturated rings. The number of carbonyl (C=O) groups excluding carboxylic acids is 1. The number of benzene rings is 1. The number of anilines is 2. The van der Waals surface area contributed by atoms with E-state index in [1.165, 1.54) is 5.56 Å². The molecule has 0 atom stereocenters. The van der Waals surface area contributed by atoms with Crippen molar-refractivity contribution in [2.75, 3.05) is 17.2 Å². The summed E-state index contributed by atoms with van der Waals surface area (Å²) in [4.78, 5) is 13.6. The Morgan fingerprint density at radius 1 is 1.44 bits per heavy atom. The van der Waals surface area contributed by atoms with E-state index < -0.39 is 0 Å². The lowest BCUT2D eigenvalue weighted by Crippen LogP contribution is -2.35. The van der Waals surface area contributed by atoms with Crippen molar-refractivity contribution < 1.29 is 4.79 Å². The molecule has 0 aromatic heterocycles. The van der Waals surface area contributed by atoms with E-state index in [1.807, 2.05) is 42.2 Å². The molecule has 84 valence electrons. The van der Waals surface area contributed by atoms with Gasteiger partial charge in [0, 0.05) is 24.3 Å². The van der Waals surface area contributed by atoms with Gasteiger partial charge in [-0.1, -0.05) is 12.2 Å². The number of amides is 1. The van der Waals surface area contributed by atoms with Crippen LogP contribution in [0.5, 0.6) is 0 Å². The molecule has 0 saturated heterocycles. The van der Waals surface area contributed by atoms with E-state index in [0.717, 1.165) is 17.8 Å². The van der Waals surface area contributed by atoms with Crippen LogP contribution in [0.4, 0.5) is 11.4 Å². The van der Waals surface area contributed by atoms with Gasteiger partial charge in [0.2, 0.25) is 5.91 Å². The van der Waals surface area contributed by atoms with E-state index in [4.69, 9.17) is 5.73 Å². The molecule has 0 radical (unpaired) electrons. The quantitative estimate of drug-likeness (QED) is 0.608. The lowest BCUT2D eigenvalue weighted by atomic mass is 10.0. The molecule has 2 N–H and O–H groups in total. The Morgan fingerprint density at radius 3 is 3.00 bits per heavy atom. The number of aryl methyl sites for hydroxylation is 1. The predicted molar refractivity (Wildman–Crippen MR) is 66.3 cm³/mol. The van der Waals surface area contributed by atoms with Gasteiger partial charge < -0.3 is 10.6 Å². The van der Waals surface area contributed by atoms with Crippen molar-refractivity contribution >= 4 is 17.3 Å². The second-order valence-electron chi connectivity index (χ2n) is 3.96. The minimum absolute atomic E-state index is 0.190. The fourth-order valence-electron chi connectivity index (χ4n) is 1.99. The van der Waals surface area contributed by atoms with E-state index in [1.54, 1.807) is 0 Å². The zero-order valence-corrected chi connectivity index (χ0v) is 9.44. The summed E-state index contributed by atoms with van der Waals surface area (Å²) in [5, 5.41) is 0. The largest absolute Gasteiger partial charge is 0.399 e. The van der Waals surface area contributed by atoms with Crippen LogP contribution in [0, 0.1) is 0 Å². The van der Waals surface area contributed by atoms with Gasteiger partial charge in [0.1, 0.15) is 0 Å². The Bertz CT molecular complexity index is 438. The summed E-state index contributed by atoms with van der Waals surface area (Å²) < 4.78 is 0. The number of hydrogen-bond donors (Lipinski definition) is 1. The maximum absolute atomic E-state index is 11.8. The highest BCUT2D eigenvalue weighted by molar-refractivity contribution is 5.96. The third kappa shape index (κ3) is 1.94. The average molecular weight is 216 g/mol. The van der Waals surface area contributed by atoms with Gasteiger partial charge in [-0.05, 0) is 37.1 Å². The maximum Gasteiger partial charge on any atom is 0.227 e. The molecule has 0 saturated carbocycles. The summed E-state index contributed by atoms with van der Waals surface area (Å²) in [6.45, 7) is 2.60. The van der Waals surface area contributed by atoms with Crippen LogP contribution in [0.1, 0.15) is 18.9 Å². The summed E-state index contributed by atoms with van der Waals surface area (Å²) in [5.74, 6) is 0.190. The van der Waals surface area contributed by atoms with Gasteiger partial charge in [-0.3, -0.25) is 4.79 Å². The van der Waals surface area contributed by atoms with Crippen LogP contribution in [0.2, 0.25) is 0 Å². The van der Waals surface area contributed by atoms with Crippen LogP contribution >= 0.6 is 0 Å². The molecule has 3 heteroatoms. The van der Waals surface area contributed by atoms with Crippen molar-refractivity contribution in [2.24, 2.45) is 0 Å². The third-order valence-electron chi connectivity index (χ3n) is 2.83. The molecule has 1 heterocycles. The minimum atomic E-state index is 0.190. The number of nitrogens with zero attached hydrogens (tertiary/aromatic N) is 1. The second-order valence-corrected chi connectivity index (χ2v) is 3.96. The zero-order valence-electron chi connectivity index (χ0n) is 9.44. The molecule has 2 rings (SSSR count). The number of nitrogens with two attached hydrogens (primary N) is 1. The van der Waals surface area contributed by atoms with Crippen molar-refractivity contribution in [3.8, 4) is 0 Å². The van der Waals surface area contributed by atoms with Gasteiger partial charge in [0.15, 0.2) is 0 Å². The first-order valence-electron chi connectivity index (χ1n) is 5.52. The summed E-state index contributed by atoms with van der Waals surface area (Å²) in [7, 11) is 0. The van der Waals surface area contributed by atoms with Crippen LogP contribution in [-0.4, -0.2) is 12.5 Å². The van der Waals surface area contributed by atoms with Gasteiger partial charge in [-0.2, -0.15) is 0 Å². The molecule has 0 bridgehead atoms. The normalized spacial score (nSPS) is 15.6. The van der Waals surface area contributed by atoms with Crippen molar-refractivity contribution in [3.63, 3.8) is 0 Å². The maximum atomic E-state index is 11.8. The molecule has 0 unspecified atom stereocenters. The first kappa shape index (κ1) is 10.7. The topological polar surface area (TPSA) is 46.3 Å². The fourth-order valence-corrected chi connectivity index (χ4v) is 1.99. The molecule has 1 aromatic rings. The molecule has 1 aliphatic heterocycles. The number of allylic oxidation sites excluding steroid dienone is 1. The predicted octanol–water partition coefficient (Wildman–Crippen LogP) is 2.12. The number of hydrogen-bond acceptors (Lipinski definition) is 2. The first-order valence-corrected chi connectivity index (χ1v) is 5.52. The molecule has 1 aromatic carbocycles. The third-order valence-corrected chi connectivity index (χ3v) is 2.83. The summed E-state index contributed by atoms with van der Waals surface area (Å²) in [5.41, 5.74) is 8.68. The molecule has 0 aliphatic carbocycles. The highest BCUT2D eigenvalue weighted by Gasteiger charge is 2.22. The van der Waals surface area contributed by atoms with E-state index in [0.29, 0.717) is 13.0 Å². The van der Waals surface area contributed by atoms with Crippen LogP contribution < -0.4 is 10.6 Å². The van der Waals surface area contributed by atoms with Crippen LogP contribution in [0.25, 0.3) is 0 Å². The molecular weight excluding hydrogens is 200 g/mol. The van der Waals surface area contributed by atoms with E-state index in [9.17, 15) is 4.79 Å². The van der Waals surface area contributed by atoms with Gasteiger partial charge in [0.25, 0.3) is 0 Å². The van der Waals surface area contributed by atoms with Crippen molar-refractivity contribution in [1.29, 1.82) is 0 Å². The Kier molecular flexibility index (Phi) is 2.95. The van der Waals surface area contributed by atoms with Gasteiger partial charge in [0.05, 0.1) is 0 Å². The molecule has 1 amide bonds.